The highest BCUT2D eigenvalue weighted by Gasteiger charge is 2.16. The molecule has 1 atom stereocenters. The number of nitrogens with one attached hydrogen (secondary N) is 1. The van der Waals surface area contributed by atoms with Crippen LogP contribution in [0.15, 0.2) is 0 Å². The summed E-state index contributed by atoms with van der Waals surface area (Å²) in [7, 11) is 1.86. The first-order valence-corrected chi connectivity index (χ1v) is 9.10. The number of hydrogen-bond donors (Lipinski definition) is 1. The number of carbonyl (C=O) groups is 1. The molecule has 24 heavy (non-hydrogen) atoms. The Bertz CT molecular complexity index is 535. The quantitative estimate of drug-likeness (QED) is 0.743. The molecule has 0 bridgehead atoms. The molecule has 136 valence electrons. The van der Waals surface area contributed by atoms with Gasteiger partial charge in [-0.3, -0.25) is 4.68 Å². The van der Waals surface area contributed by atoms with Gasteiger partial charge in [-0.05, 0) is 58.4 Å². The number of urea groups is 1. The van der Waals surface area contributed by atoms with E-state index in [1.165, 1.54) is 24.1 Å². The van der Waals surface area contributed by atoms with Crippen LogP contribution < -0.4 is 5.32 Å². The summed E-state index contributed by atoms with van der Waals surface area (Å²) in [6, 6.07) is 0.00638. The maximum atomic E-state index is 12.1. The Morgan fingerprint density at radius 2 is 2.17 bits per heavy atom. The van der Waals surface area contributed by atoms with Gasteiger partial charge < -0.3 is 15.0 Å². The van der Waals surface area contributed by atoms with E-state index in [0.29, 0.717) is 12.6 Å². The van der Waals surface area contributed by atoms with E-state index in [-0.39, 0.29) is 6.03 Å². The fraction of sp³-hybridized carbons (Fsp3) is 0.778. The molecule has 0 saturated carbocycles. The Balaban J connectivity index is 1.58. The van der Waals surface area contributed by atoms with Crippen molar-refractivity contribution in [2.24, 2.45) is 0 Å². The molecule has 1 unspecified atom stereocenters. The zero-order valence-electron chi connectivity index (χ0n) is 15.6. The topological polar surface area (TPSA) is 59.4 Å². The molecule has 2 heterocycles. The fourth-order valence-corrected chi connectivity index (χ4v) is 3.09. The fourth-order valence-electron chi connectivity index (χ4n) is 3.09. The second-order valence-corrected chi connectivity index (χ2v) is 6.80. The summed E-state index contributed by atoms with van der Waals surface area (Å²) in [5.74, 6) is 0. The molecule has 0 radical (unpaired) electrons. The normalized spacial score (nSPS) is 17.2. The Morgan fingerprint density at radius 1 is 1.38 bits per heavy atom. The lowest BCUT2D eigenvalue weighted by Crippen LogP contribution is -2.38. The van der Waals surface area contributed by atoms with Crippen molar-refractivity contribution in [1.82, 2.24) is 20.0 Å². The van der Waals surface area contributed by atoms with E-state index < -0.39 is 0 Å². The summed E-state index contributed by atoms with van der Waals surface area (Å²) in [5.41, 5.74) is 3.55. The Kier molecular flexibility index (Phi) is 7.09. The largest absolute Gasteiger partial charge is 0.378 e. The average Bonchev–Trinajstić information content (AvgIpc) is 3.16. The van der Waals surface area contributed by atoms with Crippen molar-refractivity contribution in [3.63, 3.8) is 0 Å². The first-order chi connectivity index (χ1) is 11.5. The first kappa shape index (κ1) is 18.8. The molecule has 1 aliphatic heterocycles. The van der Waals surface area contributed by atoms with Crippen LogP contribution in [0.4, 0.5) is 4.79 Å². The summed E-state index contributed by atoms with van der Waals surface area (Å²) in [6.07, 6.45) is 5.69. The third-order valence-corrected chi connectivity index (χ3v) is 4.96. The van der Waals surface area contributed by atoms with E-state index >= 15 is 0 Å². The van der Waals surface area contributed by atoms with Crippen molar-refractivity contribution in [3.05, 3.63) is 17.0 Å². The van der Waals surface area contributed by atoms with Crippen LogP contribution in [0.25, 0.3) is 0 Å². The molecule has 2 rings (SSSR count). The average molecular weight is 336 g/mol. The van der Waals surface area contributed by atoms with Gasteiger partial charge >= 0.3 is 6.03 Å². The predicted octanol–water partition coefficient (Wildman–Crippen LogP) is 2.80. The van der Waals surface area contributed by atoms with Gasteiger partial charge in [-0.1, -0.05) is 0 Å². The molecule has 2 amide bonds. The van der Waals surface area contributed by atoms with Crippen LogP contribution in [-0.4, -0.2) is 53.6 Å². The highest BCUT2D eigenvalue weighted by Crippen LogP contribution is 2.16. The minimum absolute atomic E-state index is 0.00638. The molecule has 1 aliphatic rings. The van der Waals surface area contributed by atoms with Gasteiger partial charge in [0.05, 0.1) is 11.8 Å². The smallest absolute Gasteiger partial charge is 0.317 e. The van der Waals surface area contributed by atoms with Gasteiger partial charge in [-0.2, -0.15) is 5.10 Å². The van der Waals surface area contributed by atoms with E-state index in [9.17, 15) is 4.79 Å². The highest BCUT2D eigenvalue weighted by atomic mass is 16.5. The zero-order chi connectivity index (χ0) is 17.5. The molecule has 1 aromatic heterocycles. The van der Waals surface area contributed by atoms with Crippen molar-refractivity contribution in [3.8, 4) is 0 Å². The van der Waals surface area contributed by atoms with Crippen LogP contribution in [0, 0.1) is 20.8 Å². The van der Waals surface area contributed by atoms with E-state index in [1.54, 1.807) is 4.90 Å². The summed E-state index contributed by atoms with van der Waals surface area (Å²) in [4.78, 5) is 13.8. The molecule has 0 aliphatic carbocycles. The standard InChI is InChI=1S/C18H32N4O2/c1-14-15(2)20-22(16(14)3)12-7-10-19-18(23)21(4)11-5-8-17-9-6-13-24-17/h17H,5-13H2,1-4H3,(H,19,23). The molecular weight excluding hydrogens is 304 g/mol. The molecule has 6 heteroatoms. The number of carbonyl (C=O) groups excluding carboxylic acids is 1. The van der Waals surface area contributed by atoms with Crippen molar-refractivity contribution in [1.29, 1.82) is 0 Å². The molecule has 1 saturated heterocycles. The lowest BCUT2D eigenvalue weighted by atomic mass is 10.1. The van der Waals surface area contributed by atoms with E-state index in [2.05, 4.69) is 24.3 Å². The van der Waals surface area contributed by atoms with E-state index in [1.807, 2.05) is 18.7 Å². The maximum Gasteiger partial charge on any atom is 0.317 e. The molecule has 1 aromatic rings. The van der Waals surface area contributed by atoms with Crippen LogP contribution in [0.3, 0.4) is 0 Å². The number of amides is 2. The predicted molar refractivity (Wildman–Crippen MR) is 95.3 cm³/mol. The van der Waals surface area contributed by atoms with Gasteiger partial charge in [0.1, 0.15) is 0 Å². The monoisotopic (exact) mass is 336 g/mol. The molecular formula is C18H32N4O2. The van der Waals surface area contributed by atoms with Crippen LogP contribution in [0.2, 0.25) is 0 Å². The van der Waals surface area contributed by atoms with Gasteiger partial charge in [-0.25, -0.2) is 4.79 Å². The minimum atomic E-state index is 0.00638. The van der Waals surface area contributed by atoms with Crippen LogP contribution in [-0.2, 0) is 11.3 Å². The van der Waals surface area contributed by atoms with Gasteiger partial charge in [-0.15, -0.1) is 0 Å². The van der Waals surface area contributed by atoms with Gasteiger partial charge in [0.2, 0.25) is 0 Å². The number of rotatable bonds is 8. The van der Waals surface area contributed by atoms with Gasteiger partial charge in [0.25, 0.3) is 0 Å². The molecule has 0 aromatic carbocycles. The third kappa shape index (κ3) is 5.23. The van der Waals surface area contributed by atoms with E-state index in [0.717, 1.165) is 44.7 Å². The lowest BCUT2D eigenvalue weighted by molar-refractivity contribution is 0.100. The van der Waals surface area contributed by atoms with Crippen molar-refractivity contribution in [2.45, 2.75) is 65.5 Å². The van der Waals surface area contributed by atoms with Crippen LogP contribution in [0.5, 0.6) is 0 Å². The van der Waals surface area contributed by atoms with Crippen molar-refractivity contribution >= 4 is 6.03 Å². The lowest BCUT2D eigenvalue weighted by Gasteiger charge is -2.19. The van der Waals surface area contributed by atoms with Crippen molar-refractivity contribution < 1.29 is 9.53 Å². The Hall–Kier alpha value is -1.56. The molecule has 6 nitrogen and oxygen atoms in total. The highest BCUT2D eigenvalue weighted by molar-refractivity contribution is 5.73. The zero-order valence-corrected chi connectivity index (χ0v) is 15.6. The molecule has 1 fully saturated rings. The van der Waals surface area contributed by atoms with Gasteiger partial charge in [0.15, 0.2) is 0 Å². The number of nitrogens with zero attached hydrogens (tertiary/aromatic N) is 3. The summed E-state index contributed by atoms with van der Waals surface area (Å²) >= 11 is 0. The van der Waals surface area contributed by atoms with Crippen LogP contribution >= 0.6 is 0 Å². The number of hydrogen-bond acceptors (Lipinski definition) is 3. The van der Waals surface area contributed by atoms with Crippen LogP contribution in [0.1, 0.15) is 49.1 Å². The SMILES string of the molecule is Cc1nn(CCCNC(=O)N(C)CCCC2CCCO2)c(C)c1C. The summed E-state index contributed by atoms with van der Waals surface area (Å²) in [6.45, 7) is 9.41. The molecule has 1 N–H and O–H groups in total. The van der Waals surface area contributed by atoms with Crippen molar-refractivity contribution in [2.75, 3.05) is 26.7 Å². The number of aryl methyl sites for hydroxylation is 2. The summed E-state index contributed by atoms with van der Waals surface area (Å²) < 4.78 is 7.64. The molecule has 0 spiro atoms. The number of aromatic nitrogens is 2. The Labute approximate surface area is 145 Å². The first-order valence-electron chi connectivity index (χ1n) is 9.10. The maximum absolute atomic E-state index is 12.1. The summed E-state index contributed by atoms with van der Waals surface area (Å²) in [5, 5.41) is 7.51. The number of ether oxygens (including phenoxy) is 1. The second kappa shape index (κ2) is 9.06. The van der Waals surface area contributed by atoms with Gasteiger partial charge in [0, 0.05) is 39.0 Å². The van der Waals surface area contributed by atoms with E-state index in [4.69, 9.17) is 4.74 Å². The Morgan fingerprint density at radius 3 is 2.79 bits per heavy atom. The third-order valence-electron chi connectivity index (χ3n) is 4.96. The second-order valence-electron chi connectivity index (χ2n) is 6.80. The minimum Gasteiger partial charge on any atom is -0.378 e.